The lowest BCUT2D eigenvalue weighted by Crippen LogP contribution is -2.47. The van der Waals surface area contributed by atoms with Gasteiger partial charge in [0, 0.05) is 45.3 Å². The van der Waals surface area contributed by atoms with Crippen molar-refractivity contribution in [1.82, 2.24) is 14.9 Å². The number of aliphatic hydroxyl groups is 1. The van der Waals surface area contributed by atoms with E-state index in [2.05, 4.69) is 39.1 Å². The van der Waals surface area contributed by atoms with Crippen LogP contribution < -0.4 is 4.90 Å². The molecule has 1 unspecified atom stereocenters. The number of allylic oxidation sites excluding steroid dienone is 1. The Morgan fingerprint density at radius 1 is 1.11 bits per heavy atom. The van der Waals surface area contributed by atoms with Gasteiger partial charge in [-0.1, -0.05) is 42.5 Å². The third-order valence-corrected chi connectivity index (χ3v) is 5.49. The molecule has 1 fully saturated rings. The summed E-state index contributed by atoms with van der Waals surface area (Å²) in [5.74, 6) is 1.01. The predicted octanol–water partition coefficient (Wildman–Crippen LogP) is 2.05. The summed E-state index contributed by atoms with van der Waals surface area (Å²) in [6.45, 7) is 4.36. The van der Waals surface area contributed by atoms with E-state index in [1.54, 1.807) is 6.20 Å². The number of aliphatic hydroxyl groups excluding tert-OH is 1. The Hall–Kier alpha value is -2.57. The lowest BCUT2D eigenvalue weighted by atomic mass is 9.86. The fourth-order valence-corrected chi connectivity index (χ4v) is 3.88. The molecular formula is C22H26N4O2. The molecular weight excluding hydrogens is 352 g/mol. The Morgan fingerprint density at radius 2 is 1.89 bits per heavy atom. The highest BCUT2D eigenvalue weighted by Gasteiger charge is 2.27. The summed E-state index contributed by atoms with van der Waals surface area (Å²) in [6, 6.07) is 10.2. The van der Waals surface area contributed by atoms with Gasteiger partial charge in [-0.05, 0) is 17.9 Å². The average molecular weight is 378 g/mol. The van der Waals surface area contributed by atoms with Crippen molar-refractivity contribution in [2.75, 3.05) is 44.2 Å². The summed E-state index contributed by atoms with van der Waals surface area (Å²) in [5.41, 5.74) is 2.68. The van der Waals surface area contributed by atoms with Gasteiger partial charge in [0.05, 0.1) is 17.9 Å². The molecule has 2 aliphatic rings. The first-order valence-electron chi connectivity index (χ1n) is 9.93. The smallest absolute Gasteiger partial charge is 0.225 e. The number of Topliss-reactive ketones (excluding diaryl/α,β-unsaturated/α-hetero) is 1. The highest BCUT2D eigenvalue weighted by Crippen LogP contribution is 2.27. The van der Waals surface area contributed by atoms with Gasteiger partial charge in [0.1, 0.15) is 0 Å². The zero-order valence-electron chi connectivity index (χ0n) is 16.0. The second kappa shape index (κ2) is 8.63. The number of anilines is 1. The second-order valence-electron chi connectivity index (χ2n) is 7.44. The number of ketones is 1. The largest absolute Gasteiger partial charge is 0.395 e. The number of benzene rings is 1. The molecule has 0 radical (unpaired) electrons. The fraction of sp³-hybridized carbons (Fsp3) is 0.409. The molecule has 146 valence electrons. The van der Waals surface area contributed by atoms with E-state index in [1.165, 1.54) is 0 Å². The Labute approximate surface area is 165 Å². The number of rotatable bonds is 5. The van der Waals surface area contributed by atoms with Crippen LogP contribution in [0.15, 0.2) is 42.6 Å². The van der Waals surface area contributed by atoms with Gasteiger partial charge in [-0.15, -0.1) is 0 Å². The van der Waals surface area contributed by atoms with Crippen LogP contribution in [0.3, 0.4) is 0 Å². The van der Waals surface area contributed by atoms with Crippen LogP contribution in [-0.4, -0.2) is 65.1 Å². The van der Waals surface area contributed by atoms with Gasteiger partial charge >= 0.3 is 0 Å². The minimum Gasteiger partial charge on any atom is -0.395 e. The van der Waals surface area contributed by atoms with E-state index in [0.29, 0.717) is 24.5 Å². The molecule has 6 nitrogen and oxygen atoms in total. The number of nitrogens with zero attached hydrogens (tertiary/aromatic N) is 4. The number of carbonyl (C=O) groups excluding carboxylic acids is 1. The van der Waals surface area contributed by atoms with Crippen molar-refractivity contribution in [2.24, 2.45) is 5.92 Å². The van der Waals surface area contributed by atoms with Gasteiger partial charge in [-0.25, -0.2) is 9.97 Å². The first-order valence-corrected chi connectivity index (χ1v) is 9.93. The van der Waals surface area contributed by atoms with Crippen LogP contribution in [0.25, 0.3) is 6.08 Å². The molecule has 2 aromatic rings. The van der Waals surface area contributed by atoms with Crippen LogP contribution in [0.1, 0.15) is 28.0 Å². The average Bonchev–Trinajstić information content (AvgIpc) is 2.73. The van der Waals surface area contributed by atoms with Crippen molar-refractivity contribution in [3.8, 4) is 0 Å². The number of carbonyl (C=O) groups is 1. The Balaban J connectivity index is 1.46. The number of aromatic nitrogens is 2. The van der Waals surface area contributed by atoms with Crippen LogP contribution in [0.2, 0.25) is 0 Å². The molecule has 0 bridgehead atoms. The zero-order valence-corrected chi connectivity index (χ0v) is 16.0. The van der Waals surface area contributed by atoms with Crippen LogP contribution in [0.4, 0.5) is 5.95 Å². The number of hydrogen-bond acceptors (Lipinski definition) is 6. The van der Waals surface area contributed by atoms with Crippen LogP contribution in [0.5, 0.6) is 0 Å². The van der Waals surface area contributed by atoms with Crippen molar-refractivity contribution >= 4 is 17.8 Å². The Bertz CT molecular complexity index is 845. The highest BCUT2D eigenvalue weighted by atomic mass is 16.3. The summed E-state index contributed by atoms with van der Waals surface area (Å²) in [5, 5.41) is 9.08. The maximum absolute atomic E-state index is 12.6. The van der Waals surface area contributed by atoms with E-state index < -0.39 is 0 Å². The molecule has 1 saturated heterocycles. The van der Waals surface area contributed by atoms with E-state index in [4.69, 9.17) is 10.1 Å². The van der Waals surface area contributed by atoms with Crippen molar-refractivity contribution in [1.29, 1.82) is 0 Å². The lowest BCUT2D eigenvalue weighted by molar-refractivity contribution is 0.0957. The van der Waals surface area contributed by atoms with Crippen LogP contribution in [-0.2, 0) is 6.42 Å². The van der Waals surface area contributed by atoms with E-state index in [0.717, 1.165) is 43.9 Å². The van der Waals surface area contributed by atoms with E-state index in [-0.39, 0.29) is 18.3 Å². The number of fused-ring (bicyclic) bond motifs is 1. The molecule has 1 aromatic carbocycles. The van der Waals surface area contributed by atoms with Crippen molar-refractivity contribution in [2.45, 2.75) is 12.8 Å². The summed E-state index contributed by atoms with van der Waals surface area (Å²) in [4.78, 5) is 26.2. The molecule has 1 atom stereocenters. The van der Waals surface area contributed by atoms with Gasteiger partial charge in [0.25, 0.3) is 0 Å². The Kier molecular flexibility index (Phi) is 5.78. The van der Waals surface area contributed by atoms with Gasteiger partial charge in [0.2, 0.25) is 5.95 Å². The SMILES string of the molecule is O=C1CC(C=Cc2ccccc2)Cc2nc(N3CCN(CCO)CC3)ncc21. The molecule has 1 aromatic heterocycles. The molecule has 0 amide bonds. The Morgan fingerprint density at radius 3 is 2.64 bits per heavy atom. The highest BCUT2D eigenvalue weighted by molar-refractivity contribution is 5.98. The van der Waals surface area contributed by atoms with Crippen LogP contribution >= 0.6 is 0 Å². The van der Waals surface area contributed by atoms with Gasteiger partial charge in [0.15, 0.2) is 5.78 Å². The second-order valence-corrected chi connectivity index (χ2v) is 7.44. The summed E-state index contributed by atoms with van der Waals surface area (Å²) in [6.07, 6.45) is 7.21. The maximum atomic E-state index is 12.6. The van der Waals surface area contributed by atoms with Gasteiger partial charge < -0.3 is 10.0 Å². The topological polar surface area (TPSA) is 69.6 Å². The van der Waals surface area contributed by atoms with Crippen LogP contribution in [0, 0.1) is 5.92 Å². The molecule has 28 heavy (non-hydrogen) atoms. The standard InChI is InChI=1S/C22H26N4O2/c27-13-12-25-8-10-26(11-9-25)22-23-16-19-20(24-22)14-18(15-21(19)28)7-6-17-4-2-1-3-5-17/h1-7,16,18,27H,8-15H2. The van der Waals surface area contributed by atoms with Crippen molar-refractivity contribution in [3.63, 3.8) is 0 Å². The molecule has 2 heterocycles. The van der Waals surface area contributed by atoms with Crippen molar-refractivity contribution < 1.29 is 9.90 Å². The fourth-order valence-electron chi connectivity index (χ4n) is 3.88. The molecule has 0 saturated carbocycles. The number of hydrogen-bond donors (Lipinski definition) is 1. The normalized spacial score (nSPS) is 20.5. The molecule has 6 heteroatoms. The van der Waals surface area contributed by atoms with E-state index >= 15 is 0 Å². The molecule has 1 aliphatic heterocycles. The molecule has 1 aliphatic carbocycles. The zero-order chi connectivity index (χ0) is 19.3. The first kappa shape index (κ1) is 18.8. The minimum absolute atomic E-state index is 0.128. The minimum atomic E-state index is 0.128. The third-order valence-electron chi connectivity index (χ3n) is 5.49. The quantitative estimate of drug-likeness (QED) is 0.859. The lowest BCUT2D eigenvalue weighted by Gasteiger charge is -2.34. The van der Waals surface area contributed by atoms with Gasteiger partial charge in [-0.2, -0.15) is 0 Å². The molecule has 4 rings (SSSR count). The van der Waals surface area contributed by atoms with Crippen molar-refractivity contribution in [3.05, 3.63) is 59.4 Å². The van der Waals surface area contributed by atoms with E-state index in [1.807, 2.05) is 18.2 Å². The maximum Gasteiger partial charge on any atom is 0.225 e. The monoisotopic (exact) mass is 378 g/mol. The molecule has 0 spiro atoms. The summed E-state index contributed by atoms with van der Waals surface area (Å²) < 4.78 is 0. The number of piperazine rings is 1. The predicted molar refractivity (Wildman–Crippen MR) is 109 cm³/mol. The van der Waals surface area contributed by atoms with E-state index in [9.17, 15) is 4.79 Å². The number of β-amino-alcohol motifs (C(OH)–C–C–N with tert-alkyl or cyclic N) is 1. The third kappa shape index (κ3) is 4.29. The van der Waals surface area contributed by atoms with Gasteiger partial charge in [-0.3, -0.25) is 9.69 Å². The first-order chi connectivity index (χ1) is 13.7. The summed E-state index contributed by atoms with van der Waals surface area (Å²) >= 11 is 0. The molecule has 1 N–H and O–H groups in total. The summed E-state index contributed by atoms with van der Waals surface area (Å²) in [7, 11) is 0.